The van der Waals surface area contributed by atoms with Crippen molar-refractivity contribution in [2.75, 3.05) is 13.7 Å². The number of carboxylic acid groups (broad SMARTS) is 1. The minimum Gasteiger partial charge on any atom is -0.496 e. The second kappa shape index (κ2) is 10.4. The number of aromatic amines is 1. The van der Waals surface area contributed by atoms with Gasteiger partial charge in [-0.15, -0.1) is 0 Å². The van der Waals surface area contributed by atoms with Crippen LogP contribution in [0.3, 0.4) is 0 Å². The molecule has 0 atom stereocenters. The topological polar surface area (TPSA) is 136 Å². The van der Waals surface area contributed by atoms with Crippen molar-refractivity contribution < 1.29 is 38.0 Å². The third-order valence-electron chi connectivity index (χ3n) is 5.41. The fraction of sp³-hybridized carbons (Fsp3) is 0.208. The molecule has 0 spiro atoms. The molecule has 0 fully saturated rings. The number of nitrogens with one attached hydrogen (secondary N) is 1. The van der Waals surface area contributed by atoms with Crippen LogP contribution in [-0.2, 0) is 18.0 Å². The van der Waals surface area contributed by atoms with Gasteiger partial charge in [-0.05, 0) is 30.7 Å². The van der Waals surface area contributed by atoms with Crippen molar-refractivity contribution in [3.8, 4) is 22.9 Å². The maximum absolute atomic E-state index is 14.5. The Labute approximate surface area is 212 Å². The molecule has 0 radical (unpaired) electrons. The molecule has 0 bridgehead atoms. The molecule has 194 valence electrons. The van der Waals surface area contributed by atoms with Crippen molar-refractivity contribution in [3.63, 3.8) is 0 Å². The van der Waals surface area contributed by atoms with Gasteiger partial charge in [0.2, 0.25) is 0 Å². The molecule has 0 amide bonds. The number of nitrogens with zero attached hydrogens (tertiary/aromatic N) is 2. The van der Waals surface area contributed by atoms with Gasteiger partial charge in [-0.25, -0.2) is 27.9 Å². The monoisotopic (exact) mass is 535 g/mol. The van der Waals surface area contributed by atoms with Crippen LogP contribution < -0.4 is 19.9 Å². The van der Waals surface area contributed by atoms with Gasteiger partial charge in [-0.3, -0.25) is 0 Å². The Bertz CT molecular complexity index is 1570. The maximum Gasteiger partial charge on any atom is 0.341 e. The molecule has 0 aliphatic carbocycles. The number of hydrogen-bond donors (Lipinski definition) is 3. The zero-order chi connectivity index (χ0) is 26.9. The van der Waals surface area contributed by atoms with Crippen LogP contribution in [0.25, 0.3) is 16.9 Å². The second-order valence-corrected chi connectivity index (χ2v) is 8.22. The normalized spacial score (nSPS) is 11.1. The number of benzene rings is 2. The Kier molecular flexibility index (Phi) is 7.32. The lowest BCUT2D eigenvalue weighted by Gasteiger charge is -2.17. The first kappa shape index (κ1) is 25.9. The van der Waals surface area contributed by atoms with Gasteiger partial charge in [0.15, 0.2) is 35.4 Å². The van der Waals surface area contributed by atoms with E-state index in [1.807, 2.05) is 0 Å². The molecule has 0 aliphatic heterocycles. The molecular weight excluding hydrogens is 516 g/mol. The first-order chi connectivity index (χ1) is 17.6. The van der Waals surface area contributed by atoms with E-state index in [1.165, 1.54) is 25.3 Å². The Morgan fingerprint density at radius 3 is 2.57 bits per heavy atom. The molecule has 2 aromatic carbocycles. The molecule has 2 heterocycles. The van der Waals surface area contributed by atoms with Crippen LogP contribution in [0.1, 0.15) is 16.8 Å². The van der Waals surface area contributed by atoms with Crippen LogP contribution in [0.4, 0.5) is 8.78 Å². The van der Waals surface area contributed by atoms with Crippen LogP contribution in [0, 0.1) is 18.6 Å². The number of aryl methyl sites for hydroxylation is 1. The molecule has 0 saturated carbocycles. The molecule has 0 aliphatic rings. The third kappa shape index (κ3) is 5.06. The molecule has 4 aromatic rings. The number of rotatable bonds is 9. The second-order valence-electron chi connectivity index (χ2n) is 7.82. The summed E-state index contributed by atoms with van der Waals surface area (Å²) in [7, 11) is 1.27. The highest BCUT2D eigenvalue weighted by Gasteiger charge is 2.21. The Hall–Kier alpha value is -4.16. The minimum absolute atomic E-state index is 0.0187. The number of imidazole rings is 1. The lowest BCUT2D eigenvalue weighted by atomic mass is 10.2. The van der Waals surface area contributed by atoms with Crippen LogP contribution in [0.15, 0.2) is 35.1 Å². The van der Waals surface area contributed by atoms with E-state index in [9.17, 15) is 23.5 Å². The van der Waals surface area contributed by atoms with Gasteiger partial charge in [0, 0.05) is 12.1 Å². The highest BCUT2D eigenvalue weighted by molar-refractivity contribution is 6.32. The number of H-pyrrole nitrogens is 1. The number of pyridine rings is 1. The average molecular weight is 536 g/mol. The summed E-state index contributed by atoms with van der Waals surface area (Å²) in [5, 5.41) is 18.6. The number of aliphatic hydroxyl groups excluding tert-OH is 1. The predicted molar refractivity (Wildman–Crippen MR) is 128 cm³/mol. The fourth-order valence-corrected chi connectivity index (χ4v) is 3.95. The van der Waals surface area contributed by atoms with Crippen molar-refractivity contribution in [1.82, 2.24) is 14.5 Å². The number of carbonyl (C=O) groups is 1. The van der Waals surface area contributed by atoms with Gasteiger partial charge in [0.25, 0.3) is 0 Å². The van der Waals surface area contributed by atoms with Crippen molar-refractivity contribution in [2.45, 2.75) is 20.1 Å². The van der Waals surface area contributed by atoms with E-state index in [2.05, 4.69) is 9.97 Å². The summed E-state index contributed by atoms with van der Waals surface area (Å²) < 4.78 is 45.5. The van der Waals surface area contributed by atoms with E-state index in [1.54, 1.807) is 13.0 Å². The van der Waals surface area contributed by atoms with Gasteiger partial charge in [-0.2, -0.15) is 0 Å². The molecule has 0 saturated heterocycles. The van der Waals surface area contributed by atoms with Gasteiger partial charge < -0.3 is 29.4 Å². The lowest BCUT2D eigenvalue weighted by molar-refractivity contribution is -0.139. The summed E-state index contributed by atoms with van der Waals surface area (Å²) in [4.78, 5) is 30.9. The van der Waals surface area contributed by atoms with Gasteiger partial charge >= 0.3 is 11.7 Å². The van der Waals surface area contributed by atoms with Gasteiger partial charge in [0.05, 0.1) is 41.2 Å². The van der Waals surface area contributed by atoms with E-state index in [4.69, 9.17) is 30.9 Å². The lowest BCUT2D eigenvalue weighted by Crippen LogP contribution is -2.16. The molecule has 37 heavy (non-hydrogen) atoms. The van der Waals surface area contributed by atoms with E-state index < -0.39 is 36.5 Å². The summed E-state index contributed by atoms with van der Waals surface area (Å²) >= 11 is 6.44. The Balaban J connectivity index is 1.85. The number of aliphatic hydroxyl groups is 1. The summed E-state index contributed by atoms with van der Waals surface area (Å²) in [6, 6.07) is 6.24. The Morgan fingerprint density at radius 2 is 1.89 bits per heavy atom. The molecule has 0 unspecified atom stereocenters. The molecular formula is C24H20ClF2N3O7. The number of ether oxygens (including phenoxy) is 3. The summed E-state index contributed by atoms with van der Waals surface area (Å²) in [5.74, 6) is -3.82. The molecule has 13 heteroatoms. The summed E-state index contributed by atoms with van der Waals surface area (Å²) in [6.45, 7) is 0.0635. The number of methoxy groups -OCH3 is 1. The zero-order valence-corrected chi connectivity index (χ0v) is 20.2. The SMILES string of the molecule is COc1ccc(F)c(F)c1COc1cc(-n2c(=O)[nH]c3c(C)cc(CO)nc32)c(Cl)cc1OCC(=O)O. The van der Waals surface area contributed by atoms with Crippen LogP contribution in [0.2, 0.25) is 5.02 Å². The van der Waals surface area contributed by atoms with Crippen molar-refractivity contribution in [2.24, 2.45) is 0 Å². The third-order valence-corrected chi connectivity index (χ3v) is 5.71. The first-order valence-electron chi connectivity index (χ1n) is 10.7. The highest BCUT2D eigenvalue weighted by atomic mass is 35.5. The Morgan fingerprint density at radius 1 is 1.16 bits per heavy atom. The van der Waals surface area contributed by atoms with E-state index in [-0.39, 0.29) is 45.8 Å². The molecule has 4 rings (SSSR count). The first-order valence-corrected chi connectivity index (χ1v) is 11.1. The van der Waals surface area contributed by atoms with E-state index in [0.29, 0.717) is 16.8 Å². The smallest absolute Gasteiger partial charge is 0.341 e. The van der Waals surface area contributed by atoms with Crippen molar-refractivity contribution >= 4 is 28.7 Å². The summed E-state index contributed by atoms with van der Waals surface area (Å²) in [5.41, 5.74) is 0.748. The highest BCUT2D eigenvalue weighted by Crippen LogP contribution is 2.37. The van der Waals surface area contributed by atoms with Crippen LogP contribution in [-0.4, -0.2) is 44.4 Å². The number of aromatic nitrogens is 3. The number of fused-ring (bicyclic) bond motifs is 1. The number of halogens is 3. The van der Waals surface area contributed by atoms with E-state index in [0.717, 1.165) is 10.6 Å². The maximum atomic E-state index is 14.5. The minimum atomic E-state index is -1.28. The number of aliphatic carboxylic acids is 1. The van der Waals surface area contributed by atoms with Gasteiger partial charge in [0.1, 0.15) is 12.4 Å². The molecule has 3 N–H and O–H groups in total. The predicted octanol–water partition coefficient (Wildman–Crippen LogP) is 3.50. The largest absolute Gasteiger partial charge is 0.496 e. The van der Waals surface area contributed by atoms with Crippen LogP contribution in [0.5, 0.6) is 17.2 Å². The van der Waals surface area contributed by atoms with E-state index >= 15 is 0 Å². The molecule has 2 aromatic heterocycles. The molecule has 10 nitrogen and oxygen atoms in total. The number of carboxylic acids is 1. The van der Waals surface area contributed by atoms with Crippen molar-refractivity contribution in [1.29, 1.82) is 0 Å². The van der Waals surface area contributed by atoms with Crippen molar-refractivity contribution in [3.05, 3.63) is 74.3 Å². The quantitative estimate of drug-likeness (QED) is 0.296. The zero-order valence-electron chi connectivity index (χ0n) is 19.5. The van der Waals surface area contributed by atoms with Gasteiger partial charge in [-0.1, -0.05) is 11.6 Å². The van der Waals surface area contributed by atoms with Crippen LogP contribution >= 0.6 is 11.6 Å². The summed E-state index contributed by atoms with van der Waals surface area (Å²) in [6.07, 6.45) is 0. The average Bonchev–Trinajstić information content (AvgIpc) is 3.20. The fourth-order valence-electron chi connectivity index (χ4n) is 3.71. The standard InChI is InChI=1S/C24H20ClF2N3O7/c1-11-5-12(8-31)28-23-22(11)29-24(34)30(23)16-7-19(18(6-14(16)25)37-10-20(32)33)36-9-13-17(35-2)4-3-15(26)21(13)27/h3-7,31H,8-10H2,1-2H3,(H,29,34)(H,32,33). The number of hydrogen-bond acceptors (Lipinski definition) is 7.